The van der Waals surface area contributed by atoms with Gasteiger partial charge in [-0.2, -0.15) is 0 Å². The van der Waals surface area contributed by atoms with Crippen LogP contribution in [0.1, 0.15) is 18.4 Å². The minimum absolute atomic E-state index is 0.0364. The molecule has 116 valence electrons. The first-order chi connectivity index (χ1) is 9.95. The number of carbonyl (C=O) groups excluding carboxylic acids is 1. The third-order valence-corrected chi connectivity index (χ3v) is 3.96. The zero-order valence-electron chi connectivity index (χ0n) is 13.2. The average molecular weight is 290 g/mol. The number of likely N-dealkylation sites (N-methyl/N-ethyl adjacent to an activating group) is 1. The van der Waals surface area contributed by atoms with E-state index < -0.39 is 0 Å². The van der Waals surface area contributed by atoms with Crippen molar-refractivity contribution in [3.8, 4) is 0 Å². The Morgan fingerprint density at radius 1 is 1.48 bits per heavy atom. The summed E-state index contributed by atoms with van der Waals surface area (Å²) in [4.78, 5) is 16.7. The van der Waals surface area contributed by atoms with Crippen LogP contribution in [0.2, 0.25) is 0 Å². The molecule has 1 heterocycles. The lowest BCUT2D eigenvalue weighted by Gasteiger charge is -2.26. The number of benzene rings is 1. The zero-order valence-corrected chi connectivity index (χ0v) is 13.2. The van der Waals surface area contributed by atoms with Gasteiger partial charge in [-0.05, 0) is 58.1 Å². The molecule has 1 aromatic carbocycles. The predicted molar refractivity (Wildman–Crippen MR) is 87.4 cm³/mol. The molecule has 1 unspecified atom stereocenters. The molecule has 21 heavy (non-hydrogen) atoms. The third kappa shape index (κ3) is 4.44. The largest absolute Gasteiger partial charge is 0.399 e. The van der Waals surface area contributed by atoms with Crippen LogP contribution in [0, 0.1) is 6.92 Å². The highest BCUT2D eigenvalue weighted by Gasteiger charge is 2.26. The molecule has 3 N–H and O–H groups in total. The molecule has 0 saturated carbocycles. The van der Waals surface area contributed by atoms with E-state index in [2.05, 4.69) is 29.2 Å². The summed E-state index contributed by atoms with van der Waals surface area (Å²) in [5.41, 5.74) is 8.29. The van der Waals surface area contributed by atoms with Crippen LogP contribution in [-0.4, -0.2) is 55.5 Å². The summed E-state index contributed by atoms with van der Waals surface area (Å²) in [5.74, 6) is 0.0364. The number of nitrogens with zero attached hydrogens (tertiary/aromatic N) is 2. The molecule has 0 radical (unpaired) electrons. The quantitative estimate of drug-likeness (QED) is 0.808. The fraction of sp³-hybridized carbons (Fsp3) is 0.562. The summed E-state index contributed by atoms with van der Waals surface area (Å²) in [5, 5.41) is 2.98. The second-order valence-corrected chi connectivity index (χ2v) is 6.15. The molecule has 1 aliphatic heterocycles. The topological polar surface area (TPSA) is 61.6 Å². The summed E-state index contributed by atoms with van der Waals surface area (Å²) >= 11 is 0. The number of amides is 1. The van der Waals surface area contributed by atoms with Gasteiger partial charge in [-0.25, -0.2) is 0 Å². The SMILES string of the molecule is Cc1ccc(N)cc1NC(=O)CN1CCCC1CN(C)C. The van der Waals surface area contributed by atoms with Crippen molar-refractivity contribution in [3.05, 3.63) is 23.8 Å². The van der Waals surface area contributed by atoms with Crippen molar-refractivity contribution in [3.63, 3.8) is 0 Å². The van der Waals surface area contributed by atoms with Gasteiger partial charge in [-0.1, -0.05) is 6.07 Å². The number of rotatable bonds is 5. The highest BCUT2D eigenvalue weighted by Crippen LogP contribution is 2.20. The molecule has 0 aliphatic carbocycles. The maximum atomic E-state index is 12.3. The number of anilines is 2. The Bertz CT molecular complexity index is 501. The van der Waals surface area contributed by atoms with Gasteiger partial charge in [0.1, 0.15) is 0 Å². The molecule has 1 atom stereocenters. The number of carbonyl (C=O) groups is 1. The smallest absolute Gasteiger partial charge is 0.238 e. The molecule has 0 spiro atoms. The van der Waals surface area contributed by atoms with Crippen LogP contribution in [0.3, 0.4) is 0 Å². The molecular weight excluding hydrogens is 264 g/mol. The van der Waals surface area contributed by atoms with Gasteiger partial charge >= 0.3 is 0 Å². The molecule has 1 aromatic rings. The van der Waals surface area contributed by atoms with E-state index in [9.17, 15) is 4.79 Å². The molecule has 1 saturated heterocycles. The molecule has 5 nitrogen and oxygen atoms in total. The second-order valence-electron chi connectivity index (χ2n) is 6.15. The molecule has 2 rings (SSSR count). The highest BCUT2D eigenvalue weighted by atomic mass is 16.2. The van der Waals surface area contributed by atoms with Gasteiger partial charge < -0.3 is 16.0 Å². The number of aryl methyl sites for hydroxylation is 1. The van der Waals surface area contributed by atoms with Crippen molar-refractivity contribution in [2.24, 2.45) is 0 Å². The Kier molecular flexibility index (Phi) is 5.20. The van der Waals surface area contributed by atoms with Crippen molar-refractivity contribution < 1.29 is 4.79 Å². The van der Waals surface area contributed by atoms with Crippen LogP contribution in [0.5, 0.6) is 0 Å². The maximum absolute atomic E-state index is 12.3. The van der Waals surface area contributed by atoms with Gasteiger partial charge in [0.2, 0.25) is 5.91 Å². The number of hydrogen-bond donors (Lipinski definition) is 2. The summed E-state index contributed by atoms with van der Waals surface area (Å²) in [7, 11) is 4.15. The summed E-state index contributed by atoms with van der Waals surface area (Å²) in [6, 6.07) is 6.07. The lowest BCUT2D eigenvalue weighted by molar-refractivity contribution is -0.117. The van der Waals surface area contributed by atoms with Gasteiger partial charge in [0.05, 0.1) is 6.54 Å². The van der Waals surface area contributed by atoms with Gasteiger partial charge in [-0.3, -0.25) is 9.69 Å². The van der Waals surface area contributed by atoms with E-state index in [-0.39, 0.29) is 5.91 Å². The zero-order chi connectivity index (χ0) is 15.4. The van der Waals surface area contributed by atoms with Crippen molar-refractivity contribution in [2.45, 2.75) is 25.8 Å². The van der Waals surface area contributed by atoms with Crippen LogP contribution in [0.15, 0.2) is 18.2 Å². The molecule has 1 fully saturated rings. The van der Waals surface area contributed by atoms with E-state index in [0.717, 1.165) is 24.3 Å². The van der Waals surface area contributed by atoms with E-state index in [0.29, 0.717) is 18.3 Å². The second kappa shape index (κ2) is 6.91. The Hall–Kier alpha value is -1.59. The number of hydrogen-bond acceptors (Lipinski definition) is 4. The van der Waals surface area contributed by atoms with E-state index in [4.69, 9.17) is 5.73 Å². The summed E-state index contributed by atoms with van der Waals surface area (Å²) in [6.45, 7) is 4.43. The monoisotopic (exact) mass is 290 g/mol. The Balaban J connectivity index is 1.93. The molecular formula is C16H26N4O. The van der Waals surface area contributed by atoms with Gasteiger partial charge in [0.25, 0.3) is 0 Å². The first-order valence-electron chi connectivity index (χ1n) is 7.50. The van der Waals surface area contributed by atoms with E-state index in [1.807, 2.05) is 25.1 Å². The van der Waals surface area contributed by atoms with Crippen LogP contribution in [0.25, 0.3) is 0 Å². The van der Waals surface area contributed by atoms with Crippen molar-refractivity contribution in [1.82, 2.24) is 9.80 Å². The fourth-order valence-electron chi connectivity index (χ4n) is 2.88. The van der Waals surface area contributed by atoms with Crippen LogP contribution < -0.4 is 11.1 Å². The number of likely N-dealkylation sites (tertiary alicyclic amines) is 1. The van der Waals surface area contributed by atoms with E-state index in [1.165, 1.54) is 12.8 Å². The van der Waals surface area contributed by atoms with Gasteiger partial charge in [0, 0.05) is 24.0 Å². The minimum Gasteiger partial charge on any atom is -0.399 e. The van der Waals surface area contributed by atoms with Crippen LogP contribution >= 0.6 is 0 Å². The normalized spacial score (nSPS) is 19.1. The molecule has 0 bridgehead atoms. The number of nitrogen functional groups attached to an aromatic ring is 1. The predicted octanol–water partition coefficient (Wildman–Crippen LogP) is 1.54. The standard InChI is InChI=1S/C16H26N4O/c1-12-6-7-13(17)9-15(12)18-16(21)11-20-8-4-5-14(20)10-19(2)3/h6-7,9,14H,4-5,8,10-11,17H2,1-3H3,(H,18,21). The Morgan fingerprint density at radius 3 is 2.95 bits per heavy atom. The first-order valence-corrected chi connectivity index (χ1v) is 7.50. The third-order valence-electron chi connectivity index (χ3n) is 3.96. The molecule has 5 heteroatoms. The molecule has 0 aromatic heterocycles. The number of nitrogens with two attached hydrogens (primary N) is 1. The Labute approximate surface area is 127 Å². The lowest BCUT2D eigenvalue weighted by atomic mass is 10.2. The average Bonchev–Trinajstić information content (AvgIpc) is 2.80. The van der Waals surface area contributed by atoms with E-state index in [1.54, 1.807) is 0 Å². The maximum Gasteiger partial charge on any atom is 0.238 e. The first kappa shape index (κ1) is 15.8. The Morgan fingerprint density at radius 2 is 2.24 bits per heavy atom. The fourth-order valence-corrected chi connectivity index (χ4v) is 2.88. The molecule has 1 aliphatic rings. The van der Waals surface area contributed by atoms with E-state index >= 15 is 0 Å². The molecule has 1 amide bonds. The van der Waals surface area contributed by atoms with Gasteiger partial charge in [0.15, 0.2) is 0 Å². The van der Waals surface area contributed by atoms with Crippen LogP contribution in [-0.2, 0) is 4.79 Å². The number of nitrogens with one attached hydrogen (secondary N) is 1. The van der Waals surface area contributed by atoms with Gasteiger partial charge in [-0.15, -0.1) is 0 Å². The van der Waals surface area contributed by atoms with Crippen molar-refractivity contribution in [1.29, 1.82) is 0 Å². The van der Waals surface area contributed by atoms with Crippen molar-refractivity contribution in [2.75, 3.05) is 44.8 Å². The minimum atomic E-state index is 0.0364. The summed E-state index contributed by atoms with van der Waals surface area (Å²) < 4.78 is 0. The van der Waals surface area contributed by atoms with Crippen LogP contribution in [0.4, 0.5) is 11.4 Å². The highest BCUT2D eigenvalue weighted by molar-refractivity contribution is 5.93. The lowest BCUT2D eigenvalue weighted by Crippen LogP contribution is -2.41. The van der Waals surface area contributed by atoms with Crippen molar-refractivity contribution >= 4 is 17.3 Å². The summed E-state index contributed by atoms with van der Waals surface area (Å²) in [6.07, 6.45) is 2.34.